The first kappa shape index (κ1) is 23.5. The van der Waals surface area contributed by atoms with Crippen molar-refractivity contribution in [1.29, 1.82) is 0 Å². The summed E-state index contributed by atoms with van der Waals surface area (Å²) in [5, 5.41) is 21.0. The molecule has 5 fully saturated rings. The highest BCUT2D eigenvalue weighted by molar-refractivity contribution is 5.88. The number of nitrogens with one attached hydrogen (secondary N) is 1. The van der Waals surface area contributed by atoms with E-state index in [1.165, 1.54) is 19.3 Å². The van der Waals surface area contributed by atoms with Crippen LogP contribution in [0.3, 0.4) is 0 Å². The van der Waals surface area contributed by atoms with E-state index in [1.807, 2.05) is 4.90 Å². The summed E-state index contributed by atoms with van der Waals surface area (Å²) in [5.41, 5.74) is 2.38. The SMILES string of the molecule is O=C(C1CCC(C2CCC3C(CNN3CCOO)C2)CC1)N1CCN(C(=O)C2(O)CC2)CC1. The van der Waals surface area contributed by atoms with E-state index < -0.39 is 5.60 Å². The van der Waals surface area contributed by atoms with Gasteiger partial charge in [-0.3, -0.25) is 20.3 Å². The van der Waals surface area contributed by atoms with E-state index in [4.69, 9.17) is 5.26 Å². The summed E-state index contributed by atoms with van der Waals surface area (Å²) in [6, 6.07) is 0.556. The summed E-state index contributed by atoms with van der Waals surface area (Å²) in [7, 11) is 0. The standard InChI is InChI=1S/C24H40N4O5/c29-22(26-9-11-27(12-10-26)23(30)24(31)7-8-24)18-3-1-17(2-4-18)19-5-6-21-20(15-19)16-25-28(21)13-14-33-32/h17-21,25,31-32H,1-16H2. The summed E-state index contributed by atoms with van der Waals surface area (Å²) >= 11 is 0. The monoisotopic (exact) mass is 464 g/mol. The van der Waals surface area contributed by atoms with Crippen LogP contribution < -0.4 is 5.43 Å². The molecule has 186 valence electrons. The van der Waals surface area contributed by atoms with Gasteiger partial charge in [-0.25, -0.2) is 9.90 Å². The number of piperazine rings is 1. The van der Waals surface area contributed by atoms with Crippen LogP contribution in [-0.2, 0) is 14.5 Å². The number of nitrogens with zero attached hydrogens (tertiary/aromatic N) is 3. The first-order valence-corrected chi connectivity index (χ1v) is 13.1. The lowest BCUT2D eigenvalue weighted by molar-refractivity contribution is -0.245. The van der Waals surface area contributed by atoms with Gasteiger partial charge in [-0.1, -0.05) is 0 Å². The van der Waals surface area contributed by atoms with E-state index in [2.05, 4.69) is 15.3 Å². The molecule has 33 heavy (non-hydrogen) atoms. The van der Waals surface area contributed by atoms with Crippen LogP contribution in [0, 0.1) is 23.7 Å². The van der Waals surface area contributed by atoms with Gasteiger partial charge in [0.15, 0.2) is 0 Å². The quantitative estimate of drug-likeness (QED) is 0.399. The molecule has 0 aromatic heterocycles. The van der Waals surface area contributed by atoms with Crippen LogP contribution in [0.4, 0.5) is 0 Å². The molecule has 3 unspecified atom stereocenters. The fraction of sp³-hybridized carbons (Fsp3) is 0.917. The van der Waals surface area contributed by atoms with Crippen molar-refractivity contribution in [3.05, 3.63) is 0 Å². The molecule has 0 aromatic rings. The van der Waals surface area contributed by atoms with Crippen LogP contribution in [0.25, 0.3) is 0 Å². The van der Waals surface area contributed by atoms with Crippen molar-refractivity contribution < 1.29 is 24.8 Å². The van der Waals surface area contributed by atoms with Crippen molar-refractivity contribution >= 4 is 11.8 Å². The molecule has 3 aliphatic carbocycles. The lowest BCUT2D eigenvalue weighted by atomic mass is 9.67. The van der Waals surface area contributed by atoms with Crippen molar-refractivity contribution in [2.75, 3.05) is 45.9 Å². The average molecular weight is 465 g/mol. The predicted octanol–water partition coefficient (Wildman–Crippen LogP) is 1.08. The fourth-order valence-corrected chi connectivity index (χ4v) is 6.93. The van der Waals surface area contributed by atoms with Gasteiger partial charge >= 0.3 is 0 Å². The molecule has 0 bridgehead atoms. The third kappa shape index (κ3) is 4.93. The van der Waals surface area contributed by atoms with E-state index in [1.54, 1.807) is 4.90 Å². The molecule has 0 aromatic carbocycles. The van der Waals surface area contributed by atoms with Gasteiger partial charge in [0.05, 0.1) is 6.61 Å². The van der Waals surface area contributed by atoms with Gasteiger partial charge in [-0.15, -0.1) is 0 Å². The minimum Gasteiger partial charge on any atom is -0.380 e. The Kier molecular flexibility index (Phi) is 6.96. The number of hydrogen-bond acceptors (Lipinski definition) is 7. The van der Waals surface area contributed by atoms with Crippen molar-refractivity contribution in [2.45, 2.75) is 69.4 Å². The lowest BCUT2D eigenvalue weighted by Gasteiger charge is -2.42. The van der Waals surface area contributed by atoms with Crippen molar-refractivity contribution in [2.24, 2.45) is 23.7 Å². The van der Waals surface area contributed by atoms with Gasteiger partial charge in [-0.05, 0) is 75.5 Å². The molecule has 2 amide bonds. The third-order valence-corrected chi connectivity index (χ3v) is 9.15. The Morgan fingerprint density at radius 3 is 2.24 bits per heavy atom. The first-order valence-electron chi connectivity index (χ1n) is 13.1. The van der Waals surface area contributed by atoms with Crippen LogP contribution in [0.5, 0.6) is 0 Å². The van der Waals surface area contributed by atoms with Gasteiger partial charge < -0.3 is 14.9 Å². The largest absolute Gasteiger partial charge is 0.380 e. The molecule has 3 saturated carbocycles. The van der Waals surface area contributed by atoms with Gasteiger partial charge in [0.2, 0.25) is 5.91 Å². The maximum absolute atomic E-state index is 13.1. The Morgan fingerprint density at radius 1 is 0.909 bits per heavy atom. The fourth-order valence-electron chi connectivity index (χ4n) is 6.93. The normalized spacial score (nSPS) is 36.5. The van der Waals surface area contributed by atoms with E-state index in [9.17, 15) is 14.7 Å². The smallest absolute Gasteiger partial charge is 0.254 e. The third-order valence-electron chi connectivity index (χ3n) is 9.15. The Bertz CT molecular complexity index is 716. The topological polar surface area (TPSA) is 106 Å². The lowest BCUT2D eigenvalue weighted by Crippen LogP contribution is -2.54. The predicted molar refractivity (Wildman–Crippen MR) is 121 cm³/mol. The summed E-state index contributed by atoms with van der Waals surface area (Å²) in [5.74, 6) is 2.44. The number of hydrogen-bond donors (Lipinski definition) is 3. The molecule has 2 saturated heterocycles. The summed E-state index contributed by atoms with van der Waals surface area (Å²) < 4.78 is 0. The number of carbonyl (C=O) groups is 2. The molecule has 9 nitrogen and oxygen atoms in total. The molecule has 0 spiro atoms. The van der Waals surface area contributed by atoms with Crippen LogP contribution in [0.1, 0.15) is 57.8 Å². The summed E-state index contributed by atoms with van der Waals surface area (Å²) in [4.78, 5) is 33.4. The average Bonchev–Trinajstić information content (AvgIpc) is 3.49. The molecule has 5 aliphatic rings. The van der Waals surface area contributed by atoms with E-state index in [0.29, 0.717) is 57.6 Å². The molecular formula is C24H40N4O5. The number of rotatable bonds is 6. The maximum atomic E-state index is 13.1. The molecule has 9 heteroatoms. The molecule has 2 aliphatic heterocycles. The van der Waals surface area contributed by atoms with Crippen LogP contribution >= 0.6 is 0 Å². The minimum atomic E-state index is -1.11. The Balaban J connectivity index is 1.05. The van der Waals surface area contributed by atoms with Crippen LogP contribution in [0.2, 0.25) is 0 Å². The molecule has 2 heterocycles. The second-order valence-corrected chi connectivity index (χ2v) is 11.1. The first-order chi connectivity index (χ1) is 16.0. The van der Waals surface area contributed by atoms with E-state index >= 15 is 0 Å². The van der Waals surface area contributed by atoms with Crippen molar-refractivity contribution in [1.82, 2.24) is 20.2 Å². The van der Waals surface area contributed by atoms with Crippen molar-refractivity contribution in [3.63, 3.8) is 0 Å². The zero-order valence-electron chi connectivity index (χ0n) is 19.7. The van der Waals surface area contributed by atoms with Gasteiger partial charge in [0.1, 0.15) is 5.60 Å². The molecule has 5 rings (SSSR count). The van der Waals surface area contributed by atoms with Crippen LogP contribution in [0.15, 0.2) is 0 Å². The minimum absolute atomic E-state index is 0.134. The molecular weight excluding hydrogens is 424 g/mol. The number of fused-ring (bicyclic) bond motifs is 1. The zero-order chi connectivity index (χ0) is 23.0. The van der Waals surface area contributed by atoms with E-state index in [-0.39, 0.29) is 17.7 Å². The second-order valence-electron chi connectivity index (χ2n) is 11.1. The van der Waals surface area contributed by atoms with Crippen LogP contribution in [-0.4, -0.2) is 94.5 Å². The zero-order valence-corrected chi connectivity index (χ0v) is 19.7. The van der Waals surface area contributed by atoms with Gasteiger partial charge in [0, 0.05) is 51.2 Å². The van der Waals surface area contributed by atoms with Gasteiger partial charge in [0.25, 0.3) is 5.91 Å². The Hall–Kier alpha value is -1.26. The molecule has 3 atom stereocenters. The maximum Gasteiger partial charge on any atom is 0.254 e. The van der Waals surface area contributed by atoms with Crippen molar-refractivity contribution in [3.8, 4) is 0 Å². The molecule has 3 N–H and O–H groups in total. The highest BCUT2D eigenvalue weighted by Crippen LogP contribution is 2.44. The number of hydrazine groups is 1. The number of carbonyl (C=O) groups excluding carboxylic acids is 2. The number of aliphatic hydroxyl groups is 1. The summed E-state index contributed by atoms with van der Waals surface area (Å²) in [6.07, 6.45) is 9.15. The Labute approximate surface area is 196 Å². The van der Waals surface area contributed by atoms with Gasteiger partial charge in [-0.2, -0.15) is 0 Å². The Morgan fingerprint density at radius 2 is 1.58 bits per heavy atom. The summed E-state index contributed by atoms with van der Waals surface area (Å²) in [6.45, 7) is 4.36. The highest BCUT2D eigenvalue weighted by atomic mass is 17.1. The number of amides is 2. The highest BCUT2D eigenvalue weighted by Gasteiger charge is 2.50. The van der Waals surface area contributed by atoms with E-state index in [0.717, 1.165) is 50.6 Å². The molecule has 0 radical (unpaired) electrons. The second kappa shape index (κ2) is 9.77.